The number of carbonyl (C=O) groups is 1. The molecule has 0 aliphatic rings. The van der Waals surface area contributed by atoms with Gasteiger partial charge in [-0.1, -0.05) is 0 Å². The number of hydrogen-bond donors (Lipinski definition) is 2. The van der Waals surface area contributed by atoms with Gasteiger partial charge in [0.15, 0.2) is 0 Å². The maximum Gasteiger partial charge on any atom is 0.337 e. The topological polar surface area (TPSA) is 66.6 Å². The molecule has 88 valence electrons. The lowest BCUT2D eigenvalue weighted by Crippen LogP contribution is -2.30. The van der Waals surface area contributed by atoms with E-state index < -0.39 is 5.97 Å². The summed E-state index contributed by atoms with van der Waals surface area (Å²) in [7, 11) is 0. The van der Waals surface area contributed by atoms with Crippen molar-refractivity contribution in [1.29, 1.82) is 0 Å². The molecule has 0 radical (unpaired) electrons. The average molecular weight is 222 g/mol. The van der Waals surface area contributed by atoms with Gasteiger partial charge >= 0.3 is 5.97 Å². The molecule has 0 saturated heterocycles. The normalized spacial score (nSPS) is 10.5. The van der Waals surface area contributed by atoms with Crippen LogP contribution in [0.2, 0.25) is 0 Å². The van der Waals surface area contributed by atoms with Gasteiger partial charge in [-0.3, -0.25) is 0 Å². The quantitative estimate of drug-likeness (QED) is 0.766. The van der Waals surface area contributed by atoms with Crippen LogP contribution < -0.4 is 10.6 Å². The summed E-state index contributed by atoms with van der Waals surface area (Å²) in [5.74, 6) is -0.989. The molecule has 0 atom stereocenters. The van der Waals surface area contributed by atoms with Crippen LogP contribution in [0.1, 0.15) is 31.1 Å². The molecular weight excluding hydrogens is 204 g/mol. The Bertz CT molecular complexity index is 389. The molecule has 0 aromatic heterocycles. The van der Waals surface area contributed by atoms with E-state index in [-0.39, 0.29) is 5.56 Å². The Hall–Kier alpha value is -1.71. The van der Waals surface area contributed by atoms with Gasteiger partial charge in [0.25, 0.3) is 0 Å². The molecule has 1 rings (SSSR count). The van der Waals surface area contributed by atoms with Crippen LogP contribution in [0.25, 0.3) is 0 Å². The summed E-state index contributed by atoms with van der Waals surface area (Å²) in [6.45, 7) is 7.10. The minimum absolute atomic E-state index is 0.156. The highest BCUT2D eigenvalue weighted by molar-refractivity contribution is 5.94. The minimum atomic E-state index is -0.989. The van der Waals surface area contributed by atoms with Gasteiger partial charge in [-0.25, -0.2) is 4.79 Å². The molecule has 0 amide bonds. The second kappa shape index (κ2) is 4.88. The monoisotopic (exact) mass is 222 g/mol. The van der Waals surface area contributed by atoms with Crippen molar-refractivity contribution in [3.05, 3.63) is 23.8 Å². The standard InChI is InChI=1S/C12H18N2O2/c1-4-14(8(2)3)9-5-6-10(12(15)16)11(13)7-9/h5-8H,4,13H2,1-3H3,(H,15,16). The lowest BCUT2D eigenvalue weighted by molar-refractivity contribution is 0.0698. The van der Waals surface area contributed by atoms with Gasteiger partial charge in [0.2, 0.25) is 0 Å². The number of nitrogens with zero attached hydrogens (tertiary/aromatic N) is 1. The van der Waals surface area contributed by atoms with Crippen LogP contribution in [0.15, 0.2) is 18.2 Å². The Balaban J connectivity index is 3.09. The molecule has 0 bridgehead atoms. The van der Waals surface area contributed by atoms with Gasteiger partial charge in [0.1, 0.15) is 0 Å². The van der Waals surface area contributed by atoms with E-state index in [9.17, 15) is 4.79 Å². The molecule has 0 spiro atoms. The number of nitrogen functional groups attached to an aromatic ring is 1. The van der Waals surface area contributed by atoms with Crippen LogP contribution in [0, 0.1) is 0 Å². The smallest absolute Gasteiger partial charge is 0.337 e. The Labute approximate surface area is 95.7 Å². The first-order chi connectivity index (χ1) is 7.47. The summed E-state index contributed by atoms with van der Waals surface area (Å²) < 4.78 is 0. The highest BCUT2D eigenvalue weighted by atomic mass is 16.4. The molecule has 16 heavy (non-hydrogen) atoms. The number of nitrogens with two attached hydrogens (primary N) is 1. The summed E-state index contributed by atoms with van der Waals surface area (Å²) in [6.07, 6.45) is 0. The van der Waals surface area contributed by atoms with Crippen LogP contribution in [0.3, 0.4) is 0 Å². The zero-order chi connectivity index (χ0) is 12.3. The molecule has 0 unspecified atom stereocenters. The first kappa shape index (κ1) is 12.4. The van der Waals surface area contributed by atoms with Gasteiger partial charge < -0.3 is 15.7 Å². The van der Waals surface area contributed by atoms with Crippen LogP contribution in [-0.4, -0.2) is 23.7 Å². The van der Waals surface area contributed by atoms with Crippen molar-refractivity contribution < 1.29 is 9.90 Å². The van der Waals surface area contributed by atoms with E-state index in [1.165, 1.54) is 0 Å². The van der Waals surface area contributed by atoms with E-state index in [0.717, 1.165) is 12.2 Å². The molecule has 0 heterocycles. The van der Waals surface area contributed by atoms with Gasteiger partial charge in [0.05, 0.1) is 5.56 Å². The van der Waals surface area contributed by atoms with Crippen LogP contribution >= 0.6 is 0 Å². The highest BCUT2D eigenvalue weighted by Gasteiger charge is 2.12. The number of anilines is 2. The zero-order valence-electron chi connectivity index (χ0n) is 9.90. The SMILES string of the molecule is CCN(c1ccc(C(=O)O)c(N)c1)C(C)C. The summed E-state index contributed by atoms with van der Waals surface area (Å²) >= 11 is 0. The first-order valence-corrected chi connectivity index (χ1v) is 5.36. The van der Waals surface area contributed by atoms with Crippen molar-refractivity contribution in [2.45, 2.75) is 26.8 Å². The lowest BCUT2D eigenvalue weighted by atomic mass is 10.1. The second-order valence-electron chi connectivity index (χ2n) is 3.96. The van der Waals surface area contributed by atoms with Crippen molar-refractivity contribution in [2.24, 2.45) is 0 Å². The Morgan fingerprint density at radius 2 is 2.12 bits per heavy atom. The molecule has 0 aliphatic carbocycles. The third kappa shape index (κ3) is 2.45. The molecule has 0 saturated carbocycles. The van der Waals surface area contributed by atoms with Crippen molar-refractivity contribution in [1.82, 2.24) is 0 Å². The van der Waals surface area contributed by atoms with Crippen LogP contribution in [-0.2, 0) is 0 Å². The van der Waals surface area contributed by atoms with Crippen molar-refractivity contribution in [2.75, 3.05) is 17.2 Å². The van der Waals surface area contributed by atoms with E-state index in [0.29, 0.717) is 11.7 Å². The zero-order valence-corrected chi connectivity index (χ0v) is 9.90. The summed E-state index contributed by atoms with van der Waals surface area (Å²) in [5.41, 5.74) is 7.13. The van der Waals surface area contributed by atoms with Gasteiger partial charge in [-0.05, 0) is 39.0 Å². The Morgan fingerprint density at radius 1 is 1.50 bits per heavy atom. The highest BCUT2D eigenvalue weighted by Crippen LogP contribution is 2.23. The van der Waals surface area contributed by atoms with Crippen LogP contribution in [0.5, 0.6) is 0 Å². The minimum Gasteiger partial charge on any atom is -0.478 e. The number of carboxylic acids is 1. The first-order valence-electron chi connectivity index (χ1n) is 5.36. The third-order valence-corrected chi connectivity index (χ3v) is 2.56. The molecule has 3 N–H and O–H groups in total. The van der Waals surface area contributed by atoms with E-state index >= 15 is 0 Å². The van der Waals surface area contributed by atoms with Gasteiger partial charge in [0, 0.05) is 24.0 Å². The molecule has 4 heteroatoms. The van der Waals surface area contributed by atoms with Gasteiger partial charge in [-0.15, -0.1) is 0 Å². The maximum absolute atomic E-state index is 10.8. The fourth-order valence-corrected chi connectivity index (χ4v) is 1.77. The van der Waals surface area contributed by atoms with Crippen molar-refractivity contribution in [3.8, 4) is 0 Å². The fraction of sp³-hybridized carbons (Fsp3) is 0.417. The average Bonchev–Trinajstić information content (AvgIpc) is 2.17. The van der Waals surface area contributed by atoms with E-state index in [1.54, 1.807) is 18.2 Å². The van der Waals surface area contributed by atoms with Gasteiger partial charge in [-0.2, -0.15) is 0 Å². The maximum atomic E-state index is 10.8. The molecule has 1 aromatic rings. The molecular formula is C12H18N2O2. The number of benzene rings is 1. The summed E-state index contributed by atoms with van der Waals surface area (Å²) in [6, 6.07) is 5.42. The second-order valence-corrected chi connectivity index (χ2v) is 3.96. The Kier molecular flexibility index (Phi) is 3.77. The predicted octanol–water partition coefficient (Wildman–Crippen LogP) is 2.20. The number of carboxylic acid groups (broad SMARTS) is 1. The third-order valence-electron chi connectivity index (χ3n) is 2.56. The van der Waals surface area contributed by atoms with E-state index in [1.807, 2.05) is 0 Å². The summed E-state index contributed by atoms with van der Waals surface area (Å²) in [4.78, 5) is 13.0. The van der Waals surface area contributed by atoms with E-state index in [2.05, 4.69) is 25.7 Å². The predicted molar refractivity (Wildman–Crippen MR) is 66.0 cm³/mol. The largest absolute Gasteiger partial charge is 0.478 e. The fourth-order valence-electron chi connectivity index (χ4n) is 1.77. The van der Waals surface area contributed by atoms with Crippen molar-refractivity contribution in [3.63, 3.8) is 0 Å². The summed E-state index contributed by atoms with van der Waals surface area (Å²) in [5, 5.41) is 8.87. The lowest BCUT2D eigenvalue weighted by Gasteiger charge is -2.27. The molecule has 1 aromatic carbocycles. The molecule has 4 nitrogen and oxygen atoms in total. The van der Waals surface area contributed by atoms with Crippen molar-refractivity contribution >= 4 is 17.3 Å². The number of rotatable bonds is 4. The molecule has 0 aliphatic heterocycles. The number of hydrogen-bond acceptors (Lipinski definition) is 3. The van der Waals surface area contributed by atoms with Crippen LogP contribution in [0.4, 0.5) is 11.4 Å². The Morgan fingerprint density at radius 3 is 2.50 bits per heavy atom. The number of aromatic carboxylic acids is 1. The molecule has 0 fully saturated rings. The van der Waals surface area contributed by atoms with E-state index in [4.69, 9.17) is 10.8 Å².